The lowest BCUT2D eigenvalue weighted by molar-refractivity contribution is -0.270. The third-order valence-electron chi connectivity index (χ3n) is 1.40. The second-order valence-electron chi connectivity index (χ2n) is 2.49. The van der Waals surface area contributed by atoms with E-state index in [2.05, 4.69) is 31.9 Å². The van der Waals surface area contributed by atoms with E-state index in [1.807, 2.05) is 0 Å². The number of benzene rings is 1. The molecule has 1 aromatic rings. The average Bonchev–Trinajstić information content (AvgIpc) is 1.97. The van der Waals surface area contributed by atoms with E-state index in [1.165, 1.54) is 12.1 Å². The van der Waals surface area contributed by atoms with Gasteiger partial charge in [0.2, 0.25) is 0 Å². The SMILES string of the molecule is CS(=O)(=O)c1cc(Br)c([O-])c(Br)c1. The van der Waals surface area contributed by atoms with Crippen LogP contribution in [0.25, 0.3) is 0 Å². The van der Waals surface area contributed by atoms with Crippen LogP contribution in [0.5, 0.6) is 5.75 Å². The Morgan fingerprint density at radius 2 is 1.62 bits per heavy atom. The smallest absolute Gasteiger partial charge is 0.175 e. The van der Waals surface area contributed by atoms with Gasteiger partial charge in [0, 0.05) is 15.2 Å². The zero-order chi connectivity index (χ0) is 10.2. The van der Waals surface area contributed by atoms with Gasteiger partial charge >= 0.3 is 0 Å². The summed E-state index contributed by atoms with van der Waals surface area (Å²) in [5, 5.41) is 11.2. The normalized spacial score (nSPS) is 11.6. The van der Waals surface area contributed by atoms with Gasteiger partial charge in [-0.3, -0.25) is 0 Å². The summed E-state index contributed by atoms with van der Waals surface area (Å²) in [7, 11) is -3.26. The van der Waals surface area contributed by atoms with Crippen LogP contribution in [-0.2, 0) is 9.84 Å². The predicted octanol–water partition coefficient (Wildman–Crippen LogP) is 1.69. The summed E-state index contributed by atoms with van der Waals surface area (Å²) in [6.45, 7) is 0. The second-order valence-corrected chi connectivity index (χ2v) is 6.21. The first-order chi connectivity index (χ1) is 5.82. The minimum absolute atomic E-state index is 0.117. The van der Waals surface area contributed by atoms with E-state index in [0.29, 0.717) is 0 Å². The van der Waals surface area contributed by atoms with E-state index in [-0.39, 0.29) is 19.6 Å². The molecule has 6 heteroatoms. The van der Waals surface area contributed by atoms with Gasteiger partial charge in [0.1, 0.15) is 0 Å². The predicted molar refractivity (Wildman–Crippen MR) is 54.4 cm³/mol. The molecule has 0 aliphatic heterocycles. The number of halogens is 2. The third-order valence-corrected chi connectivity index (χ3v) is 3.67. The molecule has 0 amide bonds. The Morgan fingerprint density at radius 1 is 1.23 bits per heavy atom. The molecule has 1 rings (SSSR count). The fraction of sp³-hybridized carbons (Fsp3) is 0.143. The molecule has 0 radical (unpaired) electrons. The van der Waals surface area contributed by atoms with Crippen molar-refractivity contribution in [2.24, 2.45) is 0 Å². The number of hydrogen-bond acceptors (Lipinski definition) is 3. The van der Waals surface area contributed by atoms with Crippen molar-refractivity contribution in [2.45, 2.75) is 4.90 Å². The van der Waals surface area contributed by atoms with Crippen LogP contribution < -0.4 is 5.11 Å². The van der Waals surface area contributed by atoms with Crippen molar-refractivity contribution in [1.82, 2.24) is 0 Å². The third kappa shape index (κ3) is 2.45. The highest BCUT2D eigenvalue weighted by Gasteiger charge is 2.09. The Kier molecular flexibility index (Phi) is 3.04. The molecule has 0 saturated carbocycles. The van der Waals surface area contributed by atoms with E-state index in [1.54, 1.807) is 0 Å². The Balaban J connectivity index is 3.47. The zero-order valence-electron chi connectivity index (χ0n) is 6.54. The first kappa shape index (κ1) is 11.0. The zero-order valence-corrected chi connectivity index (χ0v) is 10.5. The van der Waals surface area contributed by atoms with Gasteiger partial charge in [0.15, 0.2) is 9.84 Å². The molecule has 1 aromatic carbocycles. The summed E-state index contributed by atoms with van der Waals surface area (Å²) in [5.74, 6) is -0.257. The topological polar surface area (TPSA) is 57.2 Å². The van der Waals surface area contributed by atoms with Crippen molar-refractivity contribution < 1.29 is 13.5 Å². The minimum atomic E-state index is -3.26. The molecule has 0 aromatic heterocycles. The van der Waals surface area contributed by atoms with Crippen molar-refractivity contribution in [3.63, 3.8) is 0 Å². The molecule has 0 N–H and O–H groups in total. The van der Waals surface area contributed by atoms with Crippen LogP contribution in [0.3, 0.4) is 0 Å². The molecular weight excluding hydrogens is 324 g/mol. The second kappa shape index (κ2) is 3.59. The summed E-state index contributed by atoms with van der Waals surface area (Å²) in [5.41, 5.74) is 0. The standard InChI is InChI=1S/C7H6Br2O3S/c1-13(11,12)4-2-5(8)7(10)6(9)3-4/h2-3,10H,1H3/p-1. The van der Waals surface area contributed by atoms with Crippen LogP contribution in [0, 0.1) is 0 Å². The molecule has 13 heavy (non-hydrogen) atoms. The fourth-order valence-corrected chi connectivity index (χ4v) is 2.90. The maximum Gasteiger partial charge on any atom is 0.175 e. The summed E-state index contributed by atoms with van der Waals surface area (Å²) >= 11 is 5.96. The molecule has 72 valence electrons. The Hall–Kier alpha value is -0.0700. The van der Waals surface area contributed by atoms with Gasteiger partial charge in [0.25, 0.3) is 0 Å². The number of rotatable bonds is 1. The average molecular weight is 329 g/mol. The van der Waals surface area contributed by atoms with Gasteiger partial charge in [-0.05, 0) is 12.1 Å². The van der Waals surface area contributed by atoms with Crippen molar-refractivity contribution in [2.75, 3.05) is 6.26 Å². The molecule has 0 heterocycles. The highest BCUT2D eigenvalue weighted by Crippen LogP contribution is 2.32. The summed E-state index contributed by atoms with van der Waals surface area (Å²) in [6.07, 6.45) is 1.09. The molecule has 0 bridgehead atoms. The van der Waals surface area contributed by atoms with Crippen molar-refractivity contribution in [3.8, 4) is 5.75 Å². The molecule has 0 spiro atoms. The largest absolute Gasteiger partial charge is 0.871 e. The molecule has 0 aliphatic rings. The molecule has 0 atom stereocenters. The number of hydrogen-bond donors (Lipinski definition) is 0. The Bertz CT molecular complexity index is 416. The molecule has 3 nitrogen and oxygen atoms in total. The van der Waals surface area contributed by atoms with Gasteiger partial charge in [-0.25, -0.2) is 8.42 Å². The van der Waals surface area contributed by atoms with Crippen LogP contribution in [0.4, 0.5) is 0 Å². The fourth-order valence-electron chi connectivity index (χ4n) is 0.751. The summed E-state index contributed by atoms with van der Waals surface area (Å²) in [4.78, 5) is 0.117. The van der Waals surface area contributed by atoms with Crippen molar-refractivity contribution in [1.29, 1.82) is 0 Å². The Labute approximate surface area is 93.0 Å². The van der Waals surface area contributed by atoms with E-state index in [0.717, 1.165) is 6.26 Å². The van der Waals surface area contributed by atoms with Crippen LogP contribution in [0.1, 0.15) is 0 Å². The van der Waals surface area contributed by atoms with E-state index >= 15 is 0 Å². The molecule has 0 unspecified atom stereocenters. The van der Waals surface area contributed by atoms with E-state index in [4.69, 9.17) is 0 Å². The number of sulfone groups is 1. The summed E-state index contributed by atoms with van der Waals surface area (Å²) in [6, 6.07) is 2.59. The minimum Gasteiger partial charge on any atom is -0.871 e. The van der Waals surface area contributed by atoms with E-state index < -0.39 is 9.84 Å². The molecular formula is C7H5Br2O3S-. The van der Waals surface area contributed by atoms with Crippen molar-refractivity contribution in [3.05, 3.63) is 21.1 Å². The van der Waals surface area contributed by atoms with Crippen molar-refractivity contribution >= 4 is 41.7 Å². The van der Waals surface area contributed by atoms with Gasteiger partial charge in [-0.2, -0.15) is 0 Å². The van der Waals surface area contributed by atoms with Gasteiger partial charge < -0.3 is 5.11 Å². The Morgan fingerprint density at radius 3 is 1.92 bits per heavy atom. The van der Waals surface area contributed by atoms with Crippen LogP contribution in [-0.4, -0.2) is 14.7 Å². The quantitative estimate of drug-likeness (QED) is 0.788. The molecule has 0 fully saturated rings. The molecule has 0 aliphatic carbocycles. The first-order valence-electron chi connectivity index (χ1n) is 3.18. The van der Waals surface area contributed by atoms with Gasteiger partial charge in [-0.15, -0.1) is 0 Å². The first-order valence-corrected chi connectivity index (χ1v) is 6.66. The van der Waals surface area contributed by atoms with Crippen LogP contribution >= 0.6 is 31.9 Å². The van der Waals surface area contributed by atoms with Crippen LogP contribution in [0.15, 0.2) is 26.0 Å². The van der Waals surface area contributed by atoms with Crippen LogP contribution in [0.2, 0.25) is 0 Å². The highest BCUT2D eigenvalue weighted by atomic mass is 79.9. The van der Waals surface area contributed by atoms with E-state index in [9.17, 15) is 13.5 Å². The maximum atomic E-state index is 11.2. The maximum absolute atomic E-state index is 11.2. The highest BCUT2D eigenvalue weighted by molar-refractivity contribution is 9.11. The molecule has 0 saturated heterocycles. The lowest BCUT2D eigenvalue weighted by Gasteiger charge is -2.12. The summed E-state index contributed by atoms with van der Waals surface area (Å²) < 4.78 is 22.7. The lowest BCUT2D eigenvalue weighted by atomic mass is 10.3. The lowest BCUT2D eigenvalue weighted by Crippen LogP contribution is -2.00. The van der Waals surface area contributed by atoms with Gasteiger partial charge in [0.05, 0.1) is 4.90 Å². The van der Waals surface area contributed by atoms with Gasteiger partial charge in [-0.1, -0.05) is 37.6 Å². The monoisotopic (exact) mass is 327 g/mol.